The normalized spacial score (nSPS) is 11.5. The highest BCUT2D eigenvalue weighted by molar-refractivity contribution is 8.00. The second kappa shape index (κ2) is 8.15. The lowest BCUT2D eigenvalue weighted by Crippen LogP contribution is -2.22. The predicted molar refractivity (Wildman–Crippen MR) is 99.1 cm³/mol. The van der Waals surface area contributed by atoms with Gasteiger partial charge in [-0.05, 0) is 51.1 Å². The molecule has 1 N–H and O–H groups in total. The van der Waals surface area contributed by atoms with Gasteiger partial charge in [-0.1, -0.05) is 23.4 Å². The molecule has 0 fully saturated rings. The number of nitrogens with one attached hydrogen (secondary N) is 1. The number of hydrogen-bond acceptors (Lipinski definition) is 5. The number of aryl methyl sites for hydroxylation is 1. The number of aromatic nitrogens is 1. The van der Waals surface area contributed by atoms with Gasteiger partial charge in [0.15, 0.2) is 5.78 Å². The summed E-state index contributed by atoms with van der Waals surface area (Å²) in [4.78, 5) is 28.2. The lowest BCUT2D eigenvalue weighted by atomic mass is 10.1. The van der Waals surface area contributed by atoms with Crippen LogP contribution in [0.3, 0.4) is 0 Å². The molecule has 1 amide bonds. The highest BCUT2D eigenvalue weighted by Gasteiger charge is 2.19. The van der Waals surface area contributed by atoms with E-state index < -0.39 is 5.25 Å². The Balaban J connectivity index is 2.16. The van der Waals surface area contributed by atoms with Crippen molar-refractivity contribution in [2.75, 3.05) is 5.32 Å². The monoisotopic (exact) mass is 373 g/mol. The van der Waals surface area contributed by atoms with E-state index in [0.717, 1.165) is 0 Å². The van der Waals surface area contributed by atoms with E-state index in [9.17, 15) is 14.9 Å². The van der Waals surface area contributed by atoms with Crippen LogP contribution < -0.4 is 5.32 Å². The summed E-state index contributed by atoms with van der Waals surface area (Å²) in [5.74, 6) is -0.363. The molecule has 1 aromatic carbocycles. The van der Waals surface area contributed by atoms with E-state index in [1.54, 1.807) is 38.1 Å². The van der Waals surface area contributed by atoms with Gasteiger partial charge in [0.25, 0.3) is 0 Å². The number of thioether (sulfide) groups is 1. The van der Waals surface area contributed by atoms with Crippen LogP contribution in [0.15, 0.2) is 35.4 Å². The fourth-order valence-corrected chi connectivity index (χ4v) is 3.16. The molecule has 1 aromatic heterocycles. The van der Waals surface area contributed by atoms with Gasteiger partial charge in [0.2, 0.25) is 5.91 Å². The van der Waals surface area contributed by atoms with E-state index >= 15 is 0 Å². The van der Waals surface area contributed by atoms with Gasteiger partial charge in [-0.15, -0.1) is 0 Å². The number of carbonyl (C=O) groups is 2. The Morgan fingerprint density at radius 2 is 1.96 bits per heavy atom. The number of Topliss-reactive ketones (excluding diaryl/α,β-unsaturated/α-hetero) is 1. The van der Waals surface area contributed by atoms with Crippen LogP contribution in [0.1, 0.15) is 35.5 Å². The molecule has 0 aliphatic heterocycles. The van der Waals surface area contributed by atoms with E-state index in [0.29, 0.717) is 27.0 Å². The molecular weight excluding hydrogens is 358 g/mol. The Labute approximate surface area is 155 Å². The molecule has 0 saturated carbocycles. The fraction of sp³-hybridized carbons (Fsp3) is 0.222. The average Bonchev–Trinajstić information content (AvgIpc) is 2.56. The number of benzene rings is 1. The third-order valence-corrected chi connectivity index (χ3v) is 4.80. The third kappa shape index (κ3) is 4.81. The van der Waals surface area contributed by atoms with Gasteiger partial charge < -0.3 is 5.32 Å². The van der Waals surface area contributed by atoms with Gasteiger partial charge in [0.05, 0.1) is 10.8 Å². The molecule has 0 spiro atoms. The van der Waals surface area contributed by atoms with Crippen molar-refractivity contribution in [1.82, 2.24) is 4.98 Å². The van der Waals surface area contributed by atoms with Crippen molar-refractivity contribution in [3.63, 3.8) is 0 Å². The molecule has 5 nitrogen and oxygen atoms in total. The highest BCUT2D eigenvalue weighted by atomic mass is 35.5. The van der Waals surface area contributed by atoms with Crippen molar-refractivity contribution in [1.29, 1.82) is 5.26 Å². The minimum absolute atomic E-state index is 0.147. The summed E-state index contributed by atoms with van der Waals surface area (Å²) < 4.78 is 0. The maximum Gasteiger partial charge on any atom is 0.237 e. The van der Waals surface area contributed by atoms with Crippen LogP contribution in [0.25, 0.3) is 0 Å². The van der Waals surface area contributed by atoms with Crippen LogP contribution in [0, 0.1) is 18.3 Å². The summed E-state index contributed by atoms with van der Waals surface area (Å²) in [6.45, 7) is 4.87. The Morgan fingerprint density at radius 1 is 1.32 bits per heavy atom. The first-order chi connectivity index (χ1) is 11.8. The van der Waals surface area contributed by atoms with Crippen LogP contribution in [-0.4, -0.2) is 21.9 Å². The Kier molecular flexibility index (Phi) is 6.18. The molecule has 0 saturated heterocycles. The summed E-state index contributed by atoms with van der Waals surface area (Å²) >= 11 is 7.00. The van der Waals surface area contributed by atoms with Crippen LogP contribution in [0.2, 0.25) is 5.02 Å². The van der Waals surface area contributed by atoms with Gasteiger partial charge in [-0.25, -0.2) is 4.98 Å². The molecule has 1 unspecified atom stereocenters. The number of nitriles is 1. The van der Waals surface area contributed by atoms with Crippen molar-refractivity contribution < 1.29 is 9.59 Å². The van der Waals surface area contributed by atoms with Gasteiger partial charge in [-0.2, -0.15) is 5.26 Å². The molecule has 1 heterocycles. The molecule has 1 atom stereocenters. The smallest absolute Gasteiger partial charge is 0.237 e. The quantitative estimate of drug-likeness (QED) is 0.626. The van der Waals surface area contributed by atoms with E-state index in [1.807, 2.05) is 6.07 Å². The standard InChI is InChI=1S/C18H16ClN3O2S/c1-10-16(11(2)23)8-13(9-20)18(21-10)25-12(3)17(24)22-15-6-4-14(19)5-7-15/h4-8,12H,1-3H3,(H,22,24). The van der Waals surface area contributed by atoms with Gasteiger partial charge >= 0.3 is 0 Å². The number of rotatable bonds is 5. The summed E-state index contributed by atoms with van der Waals surface area (Å²) in [6, 6.07) is 10.4. The van der Waals surface area contributed by atoms with Crippen molar-refractivity contribution >= 4 is 40.7 Å². The topological polar surface area (TPSA) is 82.8 Å². The van der Waals surface area contributed by atoms with Crippen LogP contribution in [0.5, 0.6) is 0 Å². The SMILES string of the molecule is CC(=O)c1cc(C#N)c(SC(C)C(=O)Nc2ccc(Cl)cc2)nc1C. The molecule has 0 radical (unpaired) electrons. The Bertz CT molecular complexity index is 860. The fourth-order valence-electron chi connectivity index (χ4n) is 2.11. The molecular formula is C18H16ClN3O2S. The van der Waals surface area contributed by atoms with Crippen LogP contribution >= 0.6 is 23.4 Å². The molecule has 7 heteroatoms. The molecule has 25 heavy (non-hydrogen) atoms. The van der Waals surface area contributed by atoms with Crippen molar-refractivity contribution in [2.45, 2.75) is 31.0 Å². The summed E-state index contributed by atoms with van der Waals surface area (Å²) in [5.41, 5.74) is 1.88. The summed E-state index contributed by atoms with van der Waals surface area (Å²) in [6.07, 6.45) is 0. The molecule has 2 rings (SSSR count). The Hall–Kier alpha value is -2.36. The number of hydrogen-bond donors (Lipinski definition) is 1. The van der Waals surface area contributed by atoms with E-state index in [-0.39, 0.29) is 17.3 Å². The molecule has 2 aromatic rings. The van der Waals surface area contributed by atoms with Crippen LogP contribution in [-0.2, 0) is 4.79 Å². The van der Waals surface area contributed by atoms with E-state index in [2.05, 4.69) is 10.3 Å². The summed E-state index contributed by atoms with van der Waals surface area (Å²) in [5, 5.41) is 12.6. The van der Waals surface area contributed by atoms with Crippen LogP contribution in [0.4, 0.5) is 5.69 Å². The van der Waals surface area contributed by atoms with Gasteiger partial charge in [0.1, 0.15) is 11.1 Å². The minimum atomic E-state index is -0.474. The number of nitrogens with zero attached hydrogens (tertiary/aromatic N) is 2. The molecule has 0 aliphatic carbocycles. The Morgan fingerprint density at radius 3 is 2.52 bits per heavy atom. The number of anilines is 1. The maximum atomic E-state index is 12.3. The maximum absolute atomic E-state index is 12.3. The third-order valence-electron chi connectivity index (χ3n) is 3.45. The zero-order chi connectivity index (χ0) is 18.6. The largest absolute Gasteiger partial charge is 0.325 e. The first kappa shape index (κ1) is 19.0. The lowest BCUT2D eigenvalue weighted by molar-refractivity contribution is -0.115. The van der Waals surface area contributed by atoms with Crippen molar-refractivity contribution in [2.24, 2.45) is 0 Å². The highest BCUT2D eigenvalue weighted by Crippen LogP contribution is 2.27. The zero-order valence-electron chi connectivity index (χ0n) is 14.0. The number of carbonyl (C=O) groups excluding carboxylic acids is 2. The average molecular weight is 374 g/mol. The lowest BCUT2D eigenvalue weighted by Gasteiger charge is -2.13. The van der Waals surface area contributed by atoms with E-state index in [4.69, 9.17) is 11.6 Å². The van der Waals surface area contributed by atoms with Crippen molar-refractivity contribution in [3.05, 3.63) is 52.2 Å². The number of halogens is 1. The minimum Gasteiger partial charge on any atom is -0.325 e. The summed E-state index contributed by atoms with van der Waals surface area (Å²) in [7, 11) is 0. The number of pyridine rings is 1. The first-order valence-electron chi connectivity index (χ1n) is 7.47. The second-order valence-electron chi connectivity index (χ2n) is 5.40. The number of ketones is 1. The zero-order valence-corrected chi connectivity index (χ0v) is 15.5. The molecule has 128 valence electrons. The van der Waals surface area contributed by atoms with Gasteiger partial charge in [-0.3, -0.25) is 9.59 Å². The first-order valence-corrected chi connectivity index (χ1v) is 8.73. The second-order valence-corrected chi connectivity index (χ2v) is 7.16. The molecule has 0 bridgehead atoms. The van der Waals surface area contributed by atoms with E-state index in [1.165, 1.54) is 24.8 Å². The molecule has 0 aliphatic rings. The predicted octanol–water partition coefficient (Wildman–Crippen LogP) is 4.24. The van der Waals surface area contributed by atoms with Crippen molar-refractivity contribution in [3.8, 4) is 6.07 Å². The van der Waals surface area contributed by atoms with Gasteiger partial charge in [0, 0.05) is 22.0 Å². The number of amides is 1.